The van der Waals surface area contributed by atoms with Crippen LogP contribution in [-0.4, -0.2) is 25.3 Å². The summed E-state index contributed by atoms with van der Waals surface area (Å²) in [5.41, 5.74) is 0.0602. The normalized spacial score (nSPS) is 12.9. The minimum atomic E-state index is -0.745. The molecule has 1 atom stereocenters. The van der Waals surface area contributed by atoms with Crippen molar-refractivity contribution in [3.63, 3.8) is 0 Å². The van der Waals surface area contributed by atoms with Gasteiger partial charge in [0, 0.05) is 5.56 Å². The number of benzene rings is 1. The molecule has 2 nitrogen and oxygen atoms in total. The van der Waals surface area contributed by atoms with Crippen molar-refractivity contribution in [2.24, 2.45) is 0 Å². The van der Waals surface area contributed by atoms with Crippen molar-refractivity contribution in [1.82, 2.24) is 4.90 Å². The number of hydrogen-bond acceptors (Lipinski definition) is 2. The Kier molecular flexibility index (Phi) is 3.30. The molecule has 1 unspecified atom stereocenters. The van der Waals surface area contributed by atoms with Crippen LogP contribution < -0.4 is 0 Å². The van der Waals surface area contributed by atoms with Crippen molar-refractivity contribution >= 4 is 6.29 Å². The average molecular weight is 199 g/mol. The number of hydrogen-bond donors (Lipinski definition) is 0. The van der Waals surface area contributed by atoms with Crippen molar-refractivity contribution in [2.75, 3.05) is 14.1 Å². The van der Waals surface area contributed by atoms with E-state index in [9.17, 15) is 13.6 Å². The molecule has 0 aliphatic rings. The Balaban J connectivity index is 3.15. The summed E-state index contributed by atoms with van der Waals surface area (Å²) in [5.74, 6) is -1.12. The third-order valence-corrected chi connectivity index (χ3v) is 1.96. The van der Waals surface area contributed by atoms with Crippen LogP contribution in [-0.2, 0) is 4.79 Å². The molecule has 0 amide bonds. The molecule has 0 aromatic heterocycles. The van der Waals surface area contributed by atoms with Crippen LogP contribution >= 0.6 is 0 Å². The predicted molar refractivity (Wildman–Crippen MR) is 48.9 cm³/mol. The highest BCUT2D eigenvalue weighted by molar-refractivity contribution is 5.61. The van der Waals surface area contributed by atoms with Crippen LogP contribution in [0.5, 0.6) is 0 Å². The molecule has 14 heavy (non-hydrogen) atoms. The van der Waals surface area contributed by atoms with Crippen molar-refractivity contribution in [3.05, 3.63) is 35.4 Å². The van der Waals surface area contributed by atoms with Gasteiger partial charge in [-0.2, -0.15) is 0 Å². The summed E-state index contributed by atoms with van der Waals surface area (Å²) >= 11 is 0. The van der Waals surface area contributed by atoms with Gasteiger partial charge in [-0.1, -0.05) is 0 Å². The highest BCUT2D eigenvalue weighted by atomic mass is 19.1. The lowest BCUT2D eigenvalue weighted by atomic mass is 10.1. The fraction of sp³-hybridized carbons (Fsp3) is 0.300. The highest BCUT2D eigenvalue weighted by Gasteiger charge is 2.17. The number of carbonyl (C=O) groups is 1. The number of halogens is 2. The molecule has 0 bridgehead atoms. The Morgan fingerprint density at radius 1 is 1.36 bits per heavy atom. The molecule has 0 saturated heterocycles. The smallest absolute Gasteiger partial charge is 0.141 e. The SMILES string of the molecule is CN(C)C(C=O)c1cc(F)ccc1F. The zero-order valence-electron chi connectivity index (χ0n) is 8.00. The quantitative estimate of drug-likeness (QED) is 0.691. The van der Waals surface area contributed by atoms with Gasteiger partial charge >= 0.3 is 0 Å². The molecule has 0 N–H and O–H groups in total. The van der Waals surface area contributed by atoms with Crippen molar-refractivity contribution in [1.29, 1.82) is 0 Å². The van der Waals surface area contributed by atoms with Crippen LogP contribution in [0.3, 0.4) is 0 Å². The zero-order valence-corrected chi connectivity index (χ0v) is 8.00. The Hall–Kier alpha value is -1.29. The van der Waals surface area contributed by atoms with E-state index >= 15 is 0 Å². The fourth-order valence-electron chi connectivity index (χ4n) is 1.21. The Bertz CT molecular complexity index is 339. The maximum atomic E-state index is 13.2. The zero-order chi connectivity index (χ0) is 10.7. The molecule has 0 aliphatic heterocycles. The molecule has 1 aromatic carbocycles. The number of rotatable bonds is 3. The molecular formula is C10H11F2NO. The number of carbonyl (C=O) groups excluding carboxylic acids is 1. The molecule has 0 spiro atoms. The van der Waals surface area contributed by atoms with Crippen LogP contribution in [0.15, 0.2) is 18.2 Å². The van der Waals surface area contributed by atoms with Gasteiger partial charge in [0.1, 0.15) is 17.9 Å². The van der Waals surface area contributed by atoms with Gasteiger partial charge in [-0.25, -0.2) is 8.78 Å². The molecule has 1 aromatic rings. The molecule has 0 fully saturated rings. The van der Waals surface area contributed by atoms with E-state index < -0.39 is 17.7 Å². The topological polar surface area (TPSA) is 20.3 Å². The van der Waals surface area contributed by atoms with Gasteiger partial charge in [-0.15, -0.1) is 0 Å². The molecule has 1 rings (SSSR count). The molecule has 4 heteroatoms. The van der Waals surface area contributed by atoms with E-state index in [1.165, 1.54) is 4.90 Å². The Morgan fingerprint density at radius 3 is 2.50 bits per heavy atom. The first-order valence-corrected chi connectivity index (χ1v) is 4.13. The summed E-state index contributed by atoms with van der Waals surface area (Å²) in [4.78, 5) is 12.2. The van der Waals surface area contributed by atoms with Gasteiger partial charge in [0.2, 0.25) is 0 Å². The van der Waals surface area contributed by atoms with E-state index in [0.717, 1.165) is 18.2 Å². The van der Waals surface area contributed by atoms with Crippen LogP contribution in [0.4, 0.5) is 8.78 Å². The van der Waals surface area contributed by atoms with Gasteiger partial charge < -0.3 is 4.79 Å². The number of likely N-dealkylation sites (N-methyl/N-ethyl adjacent to an activating group) is 1. The van der Waals surface area contributed by atoms with E-state index in [4.69, 9.17) is 0 Å². The van der Waals surface area contributed by atoms with Crippen LogP contribution in [0, 0.1) is 11.6 Å². The first kappa shape index (κ1) is 10.8. The lowest BCUT2D eigenvalue weighted by Gasteiger charge is -2.19. The molecule has 0 saturated carbocycles. The average Bonchev–Trinajstić information content (AvgIpc) is 2.11. The Labute approximate surface area is 81.1 Å². The summed E-state index contributed by atoms with van der Waals surface area (Å²) in [7, 11) is 3.26. The minimum Gasteiger partial charge on any atom is -0.301 e. The first-order chi connectivity index (χ1) is 6.56. The number of aldehydes is 1. The summed E-state index contributed by atoms with van der Waals surface area (Å²) in [6.45, 7) is 0. The summed E-state index contributed by atoms with van der Waals surface area (Å²) in [5, 5.41) is 0. The van der Waals surface area contributed by atoms with Crippen LogP contribution in [0.2, 0.25) is 0 Å². The second kappa shape index (κ2) is 4.28. The van der Waals surface area contributed by atoms with Gasteiger partial charge in [0.25, 0.3) is 0 Å². The maximum Gasteiger partial charge on any atom is 0.141 e. The maximum absolute atomic E-state index is 13.2. The van der Waals surface area contributed by atoms with Crippen molar-refractivity contribution in [2.45, 2.75) is 6.04 Å². The lowest BCUT2D eigenvalue weighted by Crippen LogP contribution is -2.22. The summed E-state index contributed by atoms with van der Waals surface area (Å²) in [6, 6.07) is 2.33. The molecule has 0 aliphatic carbocycles. The minimum absolute atomic E-state index is 0.0602. The third-order valence-electron chi connectivity index (χ3n) is 1.96. The summed E-state index contributed by atoms with van der Waals surface area (Å²) in [6.07, 6.45) is 0.581. The van der Waals surface area contributed by atoms with E-state index in [2.05, 4.69) is 0 Å². The standard InChI is InChI=1S/C10H11F2NO/c1-13(2)10(6-14)8-5-7(11)3-4-9(8)12/h3-6,10H,1-2H3. The monoisotopic (exact) mass is 199 g/mol. The van der Waals surface area contributed by atoms with Gasteiger partial charge in [-0.3, -0.25) is 4.90 Å². The van der Waals surface area contributed by atoms with E-state index in [1.807, 2.05) is 0 Å². The largest absolute Gasteiger partial charge is 0.301 e. The predicted octanol–water partition coefficient (Wildman–Crippen LogP) is 1.77. The second-order valence-electron chi connectivity index (χ2n) is 3.21. The molecular weight excluding hydrogens is 188 g/mol. The third kappa shape index (κ3) is 2.14. The van der Waals surface area contributed by atoms with Crippen LogP contribution in [0.25, 0.3) is 0 Å². The lowest BCUT2D eigenvalue weighted by molar-refractivity contribution is -0.111. The molecule has 76 valence electrons. The van der Waals surface area contributed by atoms with Crippen LogP contribution in [0.1, 0.15) is 11.6 Å². The fourth-order valence-corrected chi connectivity index (χ4v) is 1.21. The second-order valence-corrected chi connectivity index (χ2v) is 3.21. The van der Waals surface area contributed by atoms with Gasteiger partial charge in [0.15, 0.2) is 0 Å². The van der Waals surface area contributed by atoms with E-state index in [0.29, 0.717) is 6.29 Å². The number of nitrogens with zero attached hydrogens (tertiary/aromatic N) is 1. The van der Waals surface area contributed by atoms with E-state index in [-0.39, 0.29) is 5.56 Å². The first-order valence-electron chi connectivity index (χ1n) is 4.13. The van der Waals surface area contributed by atoms with Crippen molar-refractivity contribution in [3.8, 4) is 0 Å². The van der Waals surface area contributed by atoms with Gasteiger partial charge in [-0.05, 0) is 32.3 Å². The van der Waals surface area contributed by atoms with E-state index in [1.54, 1.807) is 14.1 Å². The Morgan fingerprint density at radius 2 is 2.00 bits per heavy atom. The summed E-state index contributed by atoms with van der Waals surface area (Å²) < 4.78 is 26.0. The highest BCUT2D eigenvalue weighted by Crippen LogP contribution is 2.20. The molecule has 0 heterocycles. The molecule has 0 radical (unpaired) electrons. The van der Waals surface area contributed by atoms with Gasteiger partial charge in [0.05, 0.1) is 6.04 Å². The van der Waals surface area contributed by atoms with Crippen molar-refractivity contribution < 1.29 is 13.6 Å².